The molecule has 1 fully saturated rings. The Morgan fingerprint density at radius 1 is 1.25 bits per heavy atom. The summed E-state index contributed by atoms with van der Waals surface area (Å²) in [7, 11) is 0. The maximum absolute atomic E-state index is 14.8. The van der Waals surface area contributed by atoms with Crippen LogP contribution in [0.3, 0.4) is 0 Å². The van der Waals surface area contributed by atoms with Crippen LogP contribution in [0.2, 0.25) is 0 Å². The molecule has 1 amide bonds. The van der Waals surface area contributed by atoms with E-state index >= 15 is 0 Å². The molecule has 1 aliphatic heterocycles. The van der Waals surface area contributed by atoms with E-state index in [0.29, 0.717) is 31.6 Å². The van der Waals surface area contributed by atoms with Gasteiger partial charge >= 0.3 is 5.97 Å². The molecule has 0 aliphatic carbocycles. The summed E-state index contributed by atoms with van der Waals surface area (Å²) in [5, 5.41) is 0. The number of amides is 1. The number of rotatable bonds is 6. The number of esters is 1. The van der Waals surface area contributed by atoms with E-state index in [1.807, 2.05) is 38.1 Å². The van der Waals surface area contributed by atoms with Gasteiger partial charge in [0.25, 0.3) is 0 Å². The Hall–Kier alpha value is -3.02. The van der Waals surface area contributed by atoms with E-state index < -0.39 is 11.6 Å². The quantitative estimate of drug-likeness (QED) is 0.448. The van der Waals surface area contributed by atoms with Crippen molar-refractivity contribution in [2.75, 3.05) is 19.7 Å². The Labute approximate surface area is 187 Å². The van der Waals surface area contributed by atoms with Crippen molar-refractivity contribution in [3.05, 3.63) is 65.2 Å². The van der Waals surface area contributed by atoms with Gasteiger partial charge in [-0.05, 0) is 54.5 Å². The van der Waals surface area contributed by atoms with Gasteiger partial charge in [-0.25, -0.2) is 8.78 Å². The van der Waals surface area contributed by atoms with Gasteiger partial charge in [-0.1, -0.05) is 38.1 Å². The monoisotopic (exact) mass is 440 g/mol. The third kappa shape index (κ3) is 5.23. The summed E-state index contributed by atoms with van der Waals surface area (Å²) in [5.74, 6) is -3.00. The van der Waals surface area contributed by atoms with Gasteiger partial charge in [-0.2, -0.15) is 0 Å². The summed E-state index contributed by atoms with van der Waals surface area (Å²) in [6, 6.07) is 11.3. The number of hydrogen-bond donors (Lipinski definition) is 0. The first-order valence-electron chi connectivity index (χ1n) is 11.0. The average molecular weight is 441 g/mol. The largest absolute Gasteiger partial charge is 0.466 e. The third-order valence-corrected chi connectivity index (χ3v) is 5.68. The molecule has 1 aliphatic rings. The Morgan fingerprint density at radius 3 is 2.72 bits per heavy atom. The van der Waals surface area contributed by atoms with Crippen LogP contribution in [0.5, 0.6) is 0 Å². The van der Waals surface area contributed by atoms with Crippen molar-refractivity contribution < 1.29 is 23.1 Å². The zero-order valence-electron chi connectivity index (χ0n) is 18.7. The second kappa shape index (κ2) is 10.5. The minimum absolute atomic E-state index is 0.00153. The molecular formula is C26H28F2NO3. The highest BCUT2D eigenvalue weighted by Crippen LogP contribution is 2.34. The van der Waals surface area contributed by atoms with Crippen LogP contribution in [-0.4, -0.2) is 36.5 Å². The molecule has 6 heteroatoms. The molecule has 32 heavy (non-hydrogen) atoms. The highest BCUT2D eigenvalue weighted by molar-refractivity contribution is 5.94. The fourth-order valence-corrected chi connectivity index (χ4v) is 4.03. The first kappa shape index (κ1) is 23.6. The standard InChI is InChI=1S/C26H28F2NO3/c1-4-32-26(31)18-8-7-15-29(16-18)24(30)14-12-22-21(11-13-23(27)25(22)28)20-10-6-5-9-19(20)17(2)3/h5-6,9-12,14,17-18H,4,7-8,15-16H2,1-3H3/b14-12+. The number of carbonyl (C=O) groups excluding carboxylic acids is 2. The molecule has 3 rings (SSSR count). The molecule has 0 aromatic heterocycles. The van der Waals surface area contributed by atoms with Crippen molar-refractivity contribution in [3.8, 4) is 11.1 Å². The molecule has 1 heterocycles. The van der Waals surface area contributed by atoms with Crippen molar-refractivity contribution in [1.29, 1.82) is 0 Å². The maximum atomic E-state index is 14.8. The molecule has 0 spiro atoms. The van der Waals surface area contributed by atoms with Crippen LogP contribution in [0.4, 0.5) is 8.78 Å². The van der Waals surface area contributed by atoms with Crippen LogP contribution in [-0.2, 0) is 14.3 Å². The lowest BCUT2D eigenvalue weighted by atomic mass is 9.90. The van der Waals surface area contributed by atoms with Gasteiger partial charge in [0.1, 0.15) is 0 Å². The average Bonchev–Trinajstić information content (AvgIpc) is 2.80. The summed E-state index contributed by atoms with van der Waals surface area (Å²) >= 11 is 0. The van der Waals surface area contributed by atoms with Crippen LogP contribution >= 0.6 is 0 Å². The van der Waals surface area contributed by atoms with Gasteiger partial charge in [0.05, 0.1) is 12.5 Å². The van der Waals surface area contributed by atoms with E-state index in [1.165, 1.54) is 18.2 Å². The lowest BCUT2D eigenvalue weighted by molar-refractivity contribution is -0.150. The first-order chi connectivity index (χ1) is 15.3. The lowest BCUT2D eigenvalue weighted by Gasteiger charge is -2.30. The number of ether oxygens (including phenoxy) is 1. The third-order valence-electron chi connectivity index (χ3n) is 5.68. The van der Waals surface area contributed by atoms with E-state index in [-0.39, 0.29) is 35.8 Å². The number of piperidine rings is 1. The minimum atomic E-state index is -1.09. The Bertz CT molecular complexity index is 1020. The van der Waals surface area contributed by atoms with Crippen LogP contribution in [0.25, 0.3) is 17.2 Å². The Kier molecular flexibility index (Phi) is 7.78. The Balaban J connectivity index is 1.90. The van der Waals surface area contributed by atoms with E-state index in [0.717, 1.165) is 11.1 Å². The molecule has 2 aromatic rings. The van der Waals surface area contributed by atoms with Gasteiger partial charge in [0.2, 0.25) is 5.91 Å². The minimum Gasteiger partial charge on any atom is -0.466 e. The van der Waals surface area contributed by atoms with Crippen LogP contribution < -0.4 is 0 Å². The highest BCUT2D eigenvalue weighted by Gasteiger charge is 2.28. The number of likely N-dealkylation sites (tertiary alicyclic amines) is 1. The van der Waals surface area contributed by atoms with Gasteiger partial charge < -0.3 is 9.64 Å². The van der Waals surface area contributed by atoms with Crippen molar-refractivity contribution in [2.24, 2.45) is 5.92 Å². The zero-order valence-corrected chi connectivity index (χ0v) is 18.7. The van der Waals surface area contributed by atoms with Crippen LogP contribution in [0.1, 0.15) is 50.7 Å². The number of carbonyl (C=O) groups is 2. The normalized spacial score (nSPS) is 16.6. The van der Waals surface area contributed by atoms with Gasteiger partial charge in [-0.15, -0.1) is 0 Å². The molecule has 1 atom stereocenters. The zero-order chi connectivity index (χ0) is 23.3. The van der Waals surface area contributed by atoms with Gasteiger partial charge in [-0.3, -0.25) is 9.59 Å². The number of hydrogen-bond acceptors (Lipinski definition) is 3. The smallest absolute Gasteiger partial charge is 0.310 e. The first-order valence-corrected chi connectivity index (χ1v) is 11.0. The molecule has 0 bridgehead atoms. The Morgan fingerprint density at radius 2 is 2.00 bits per heavy atom. The molecule has 0 saturated carbocycles. The van der Waals surface area contributed by atoms with Crippen molar-refractivity contribution >= 4 is 18.0 Å². The molecule has 1 radical (unpaired) electrons. The van der Waals surface area contributed by atoms with Gasteiger partial charge in [0, 0.05) is 30.8 Å². The predicted octanol–water partition coefficient (Wildman–Crippen LogP) is 5.37. The molecule has 169 valence electrons. The lowest BCUT2D eigenvalue weighted by Crippen LogP contribution is -2.42. The number of benzene rings is 2. The summed E-state index contributed by atoms with van der Waals surface area (Å²) in [5.41, 5.74) is 2.23. The fraction of sp³-hybridized carbons (Fsp3) is 0.385. The van der Waals surface area contributed by atoms with Crippen LogP contribution in [0, 0.1) is 23.6 Å². The molecule has 4 nitrogen and oxygen atoms in total. The van der Waals surface area contributed by atoms with Crippen molar-refractivity contribution in [3.63, 3.8) is 0 Å². The van der Waals surface area contributed by atoms with E-state index in [4.69, 9.17) is 4.74 Å². The van der Waals surface area contributed by atoms with Gasteiger partial charge in [0.15, 0.2) is 11.6 Å². The summed E-state index contributed by atoms with van der Waals surface area (Å²) in [4.78, 5) is 26.4. The number of nitrogens with zero attached hydrogens (tertiary/aromatic N) is 1. The summed E-state index contributed by atoms with van der Waals surface area (Å²) < 4.78 is 33.9. The van der Waals surface area contributed by atoms with Crippen LogP contribution in [0.15, 0.2) is 36.4 Å². The summed E-state index contributed by atoms with van der Waals surface area (Å²) in [6.45, 7) is 6.84. The topological polar surface area (TPSA) is 46.6 Å². The highest BCUT2D eigenvalue weighted by atomic mass is 19.2. The van der Waals surface area contributed by atoms with E-state index in [1.54, 1.807) is 11.8 Å². The van der Waals surface area contributed by atoms with E-state index in [2.05, 4.69) is 6.07 Å². The van der Waals surface area contributed by atoms with Crippen molar-refractivity contribution in [1.82, 2.24) is 4.90 Å². The second-order valence-electron chi connectivity index (χ2n) is 8.19. The predicted molar refractivity (Wildman–Crippen MR) is 120 cm³/mol. The molecule has 1 unspecified atom stereocenters. The van der Waals surface area contributed by atoms with Crippen molar-refractivity contribution in [2.45, 2.75) is 39.5 Å². The van der Waals surface area contributed by atoms with E-state index in [9.17, 15) is 18.4 Å². The molecule has 2 aromatic carbocycles. The molecule has 1 saturated heterocycles. The fourth-order valence-electron chi connectivity index (χ4n) is 4.03. The molecular weight excluding hydrogens is 412 g/mol. The summed E-state index contributed by atoms with van der Waals surface area (Å²) in [6.07, 6.45) is 3.90. The molecule has 0 N–H and O–H groups in total. The number of halogens is 2. The second-order valence-corrected chi connectivity index (χ2v) is 8.19. The SMILES string of the molecule is CCOC(=O)C1CCCN(C(=O)/C=C/c2c(-c3ccccc3C(C)C)c[c]c(F)c2F)C1. The maximum Gasteiger partial charge on any atom is 0.310 e.